The molecule has 2 aromatic heterocycles. The Morgan fingerprint density at radius 1 is 0.979 bits per heavy atom. The summed E-state index contributed by atoms with van der Waals surface area (Å²) in [6.45, 7) is 4.64. The van der Waals surface area contributed by atoms with E-state index >= 15 is 0 Å². The molecule has 0 radical (unpaired) electrons. The molecule has 1 aliphatic heterocycles. The molecule has 0 amide bonds. The van der Waals surface area contributed by atoms with Crippen LogP contribution < -0.4 is 14.9 Å². The van der Waals surface area contributed by atoms with E-state index in [2.05, 4.69) is 23.6 Å². The van der Waals surface area contributed by atoms with E-state index < -0.39 is 12.0 Å². The van der Waals surface area contributed by atoms with Crippen molar-refractivity contribution in [1.29, 1.82) is 0 Å². The summed E-state index contributed by atoms with van der Waals surface area (Å²) in [5.74, 6) is -0.494. The van der Waals surface area contributed by atoms with Gasteiger partial charge >= 0.3 is 5.97 Å². The maximum Gasteiger partial charge on any atom is 0.338 e. The first kappa shape index (κ1) is 31.9. The summed E-state index contributed by atoms with van der Waals surface area (Å²) in [5, 5.41) is 1.75. The summed E-state index contributed by atoms with van der Waals surface area (Å²) in [6, 6.07) is 32.9. The number of carbonyl (C=O) groups excluding carboxylic acids is 1. The number of hydrogen-bond acceptors (Lipinski definition) is 6. The van der Waals surface area contributed by atoms with Gasteiger partial charge in [0.05, 0.1) is 28.5 Å². The van der Waals surface area contributed by atoms with Crippen LogP contribution in [-0.4, -0.2) is 28.0 Å². The Balaban J connectivity index is 1.47. The van der Waals surface area contributed by atoms with Gasteiger partial charge in [-0.05, 0) is 61.6 Å². The van der Waals surface area contributed by atoms with Crippen molar-refractivity contribution in [3.8, 4) is 0 Å². The highest BCUT2D eigenvalue weighted by Gasteiger charge is 2.35. The number of carbonyl (C=O) groups is 1. The lowest BCUT2D eigenvalue weighted by molar-refractivity contribution is -0.138. The van der Waals surface area contributed by atoms with E-state index in [1.165, 1.54) is 11.3 Å². The molecule has 0 saturated carbocycles. The summed E-state index contributed by atoms with van der Waals surface area (Å²) in [4.78, 5) is 35.0. The average molecular weight is 690 g/mol. The number of hydrogen-bond donors (Lipinski definition) is 0. The van der Waals surface area contributed by atoms with E-state index in [0.29, 0.717) is 32.2 Å². The summed E-state index contributed by atoms with van der Waals surface area (Å²) >= 11 is 9.53. The lowest BCUT2D eigenvalue weighted by Crippen LogP contribution is -2.40. The lowest BCUT2D eigenvalue weighted by atomic mass is 9.93. The predicted molar refractivity (Wildman–Crippen MR) is 197 cm³/mol. The van der Waals surface area contributed by atoms with Crippen molar-refractivity contribution in [3.63, 3.8) is 0 Å². The highest BCUT2D eigenvalue weighted by atomic mass is 35.5. The van der Waals surface area contributed by atoms with E-state index in [0.717, 1.165) is 43.7 Å². The van der Waals surface area contributed by atoms with Crippen LogP contribution in [0.3, 0.4) is 0 Å². The highest BCUT2D eigenvalue weighted by molar-refractivity contribution is 7.98. The standard InChI is InChI=1S/C39H32ClN3O3S2/c1-4-46-38(45)34-35(25-12-6-5-7-13-25)41-39-43(36(34)26-18-20-28(47-3)21-19-26)37(44)33(48-39)22-30-24(2)42(32-17-11-9-15-29(30)32)23-27-14-8-10-16-31(27)40/h5-22,36H,4,23H2,1-3H3. The van der Waals surface area contributed by atoms with Crippen molar-refractivity contribution < 1.29 is 9.53 Å². The third-order valence-electron chi connectivity index (χ3n) is 8.65. The normalized spacial score (nSPS) is 14.7. The zero-order chi connectivity index (χ0) is 33.4. The first-order chi connectivity index (χ1) is 23.4. The van der Waals surface area contributed by atoms with Crippen molar-refractivity contribution in [2.45, 2.75) is 31.3 Å². The van der Waals surface area contributed by atoms with Crippen molar-refractivity contribution in [3.05, 3.63) is 161 Å². The number of benzene rings is 4. The number of thiazole rings is 1. The molecule has 48 heavy (non-hydrogen) atoms. The first-order valence-corrected chi connectivity index (χ1v) is 18.0. The van der Waals surface area contributed by atoms with E-state index in [1.807, 2.05) is 103 Å². The molecule has 4 aromatic carbocycles. The molecule has 0 N–H and O–H groups in total. The molecule has 7 rings (SSSR count). The Morgan fingerprint density at radius 3 is 2.42 bits per heavy atom. The summed E-state index contributed by atoms with van der Waals surface area (Å²) in [7, 11) is 0. The first-order valence-electron chi connectivity index (χ1n) is 15.6. The number of halogens is 1. The van der Waals surface area contributed by atoms with Crippen molar-refractivity contribution in [2.75, 3.05) is 12.9 Å². The summed E-state index contributed by atoms with van der Waals surface area (Å²) in [6.07, 6.45) is 3.98. The number of ether oxygens (including phenoxy) is 1. The number of para-hydroxylation sites is 1. The van der Waals surface area contributed by atoms with Crippen LogP contribution in [0.4, 0.5) is 0 Å². The Morgan fingerprint density at radius 2 is 1.69 bits per heavy atom. The van der Waals surface area contributed by atoms with Crippen LogP contribution in [0.1, 0.15) is 40.9 Å². The van der Waals surface area contributed by atoms with Gasteiger partial charge in [0.15, 0.2) is 4.80 Å². The van der Waals surface area contributed by atoms with Gasteiger partial charge in [-0.25, -0.2) is 9.79 Å². The van der Waals surface area contributed by atoms with Crippen molar-refractivity contribution in [2.24, 2.45) is 4.99 Å². The SMILES string of the molecule is CCOC(=O)C1=C(c2ccccc2)N=c2sc(=Cc3c(C)n(Cc4ccccc4Cl)c4ccccc34)c(=O)n2C1c1ccc(SC)cc1. The fourth-order valence-corrected chi connectivity index (χ4v) is 7.90. The van der Waals surface area contributed by atoms with Gasteiger partial charge < -0.3 is 9.30 Å². The molecular weight excluding hydrogens is 658 g/mol. The Hall–Kier alpha value is -4.63. The van der Waals surface area contributed by atoms with E-state index in [1.54, 1.807) is 23.3 Å². The predicted octanol–water partition coefficient (Wildman–Crippen LogP) is 7.62. The van der Waals surface area contributed by atoms with Gasteiger partial charge in [0.25, 0.3) is 5.56 Å². The summed E-state index contributed by atoms with van der Waals surface area (Å²) in [5.41, 5.74) is 6.26. The van der Waals surface area contributed by atoms with E-state index in [-0.39, 0.29) is 12.2 Å². The van der Waals surface area contributed by atoms with Crippen LogP contribution in [0, 0.1) is 6.92 Å². The van der Waals surface area contributed by atoms with Gasteiger partial charge in [-0.15, -0.1) is 11.8 Å². The molecule has 1 aliphatic rings. The molecule has 1 unspecified atom stereocenters. The van der Waals surface area contributed by atoms with Gasteiger partial charge in [-0.3, -0.25) is 9.36 Å². The van der Waals surface area contributed by atoms with Crippen molar-refractivity contribution >= 4 is 63.3 Å². The minimum absolute atomic E-state index is 0.199. The largest absolute Gasteiger partial charge is 0.463 e. The van der Waals surface area contributed by atoms with Crippen LogP contribution in [0.2, 0.25) is 5.02 Å². The third-order valence-corrected chi connectivity index (χ3v) is 10.7. The highest BCUT2D eigenvalue weighted by Crippen LogP contribution is 2.36. The molecule has 0 fully saturated rings. The zero-order valence-corrected chi connectivity index (χ0v) is 29.0. The second-order valence-electron chi connectivity index (χ2n) is 11.4. The smallest absolute Gasteiger partial charge is 0.338 e. The molecule has 3 heterocycles. The molecule has 0 spiro atoms. The maximum atomic E-state index is 14.6. The molecule has 1 atom stereocenters. The molecule has 0 bridgehead atoms. The Labute approximate surface area is 291 Å². The quantitative estimate of drug-likeness (QED) is 0.122. The lowest BCUT2D eigenvalue weighted by Gasteiger charge is -2.26. The van der Waals surface area contributed by atoms with Crippen LogP contribution in [0.15, 0.2) is 123 Å². The van der Waals surface area contributed by atoms with Gasteiger partial charge in [0.2, 0.25) is 0 Å². The van der Waals surface area contributed by atoms with Gasteiger partial charge in [-0.1, -0.05) is 102 Å². The topological polar surface area (TPSA) is 65.6 Å². The molecule has 6 aromatic rings. The van der Waals surface area contributed by atoms with Crippen LogP contribution in [0.5, 0.6) is 0 Å². The number of fused-ring (bicyclic) bond motifs is 2. The molecule has 6 nitrogen and oxygen atoms in total. The number of thioether (sulfide) groups is 1. The maximum absolute atomic E-state index is 14.6. The second-order valence-corrected chi connectivity index (χ2v) is 13.7. The van der Waals surface area contributed by atoms with E-state index in [9.17, 15) is 9.59 Å². The average Bonchev–Trinajstić information content (AvgIpc) is 3.57. The molecule has 0 aliphatic carbocycles. The number of rotatable bonds is 8. The van der Waals surface area contributed by atoms with Crippen LogP contribution in [0.25, 0.3) is 22.7 Å². The Bertz CT molecular complexity index is 2390. The van der Waals surface area contributed by atoms with Gasteiger partial charge in [0.1, 0.15) is 0 Å². The van der Waals surface area contributed by atoms with Crippen LogP contribution >= 0.6 is 34.7 Å². The van der Waals surface area contributed by atoms with E-state index in [4.69, 9.17) is 21.3 Å². The fraction of sp³-hybridized carbons (Fsp3) is 0.154. The fourth-order valence-electron chi connectivity index (χ4n) is 6.31. The zero-order valence-electron chi connectivity index (χ0n) is 26.6. The monoisotopic (exact) mass is 689 g/mol. The van der Waals surface area contributed by atoms with Gasteiger partial charge in [-0.2, -0.15) is 0 Å². The second kappa shape index (κ2) is 13.5. The minimum Gasteiger partial charge on any atom is -0.463 e. The molecule has 240 valence electrons. The molecule has 0 saturated heterocycles. The number of aromatic nitrogens is 2. The van der Waals surface area contributed by atoms with Crippen LogP contribution in [-0.2, 0) is 16.1 Å². The number of nitrogens with zero attached hydrogens (tertiary/aromatic N) is 3. The molecule has 9 heteroatoms. The van der Waals surface area contributed by atoms with Gasteiger partial charge in [0, 0.05) is 44.2 Å². The minimum atomic E-state index is -0.726. The summed E-state index contributed by atoms with van der Waals surface area (Å²) < 4.78 is 10.0. The van der Waals surface area contributed by atoms with Crippen molar-refractivity contribution in [1.82, 2.24) is 9.13 Å². The molecular formula is C39H32ClN3O3S2. The number of esters is 1. The Kier molecular flexibility index (Phi) is 8.96. The third kappa shape index (κ3) is 5.74.